The van der Waals surface area contributed by atoms with Crippen LogP contribution < -0.4 is 0 Å². The second-order valence-corrected chi connectivity index (χ2v) is 4.61. The first-order valence-electron chi connectivity index (χ1n) is 6.40. The topological polar surface area (TPSA) is 40.5 Å². The summed E-state index contributed by atoms with van der Waals surface area (Å²) < 4.78 is 0. The number of hydrogen-bond acceptors (Lipinski definition) is 1. The number of carboxylic acid groups (broad SMARTS) is 1. The molecule has 1 amide bonds. The van der Waals surface area contributed by atoms with Crippen molar-refractivity contribution in [3.63, 3.8) is 0 Å². The fraction of sp³-hybridized carbons (Fsp3) is 0.312. The van der Waals surface area contributed by atoms with Crippen molar-refractivity contribution in [1.29, 1.82) is 0 Å². The van der Waals surface area contributed by atoms with Gasteiger partial charge in [-0.2, -0.15) is 0 Å². The first-order chi connectivity index (χ1) is 9.16. The Morgan fingerprint density at radius 2 is 1.84 bits per heavy atom. The molecule has 98 valence electrons. The standard InChI is InChI=1S/C16H17NO2/c1-13(7-8-14-5-3-2-4-6-14)15-9-11-17(12-10-15)16(18)19/h2-6H,9-12H2,1H3,(H,18,19). The van der Waals surface area contributed by atoms with Gasteiger partial charge in [0.2, 0.25) is 0 Å². The van der Waals surface area contributed by atoms with Crippen molar-refractivity contribution in [2.75, 3.05) is 13.1 Å². The van der Waals surface area contributed by atoms with Crippen LogP contribution in [-0.4, -0.2) is 29.2 Å². The summed E-state index contributed by atoms with van der Waals surface area (Å²) in [4.78, 5) is 12.3. The third-order valence-electron chi connectivity index (χ3n) is 3.34. The van der Waals surface area contributed by atoms with E-state index in [0.717, 1.165) is 24.0 Å². The number of allylic oxidation sites excluding steroid dienone is 1. The SMILES string of the molecule is CC(C#Cc1ccccc1)=C1CCN(C(=O)O)CC1. The third-order valence-corrected chi connectivity index (χ3v) is 3.34. The van der Waals surface area contributed by atoms with Gasteiger partial charge < -0.3 is 10.0 Å². The first-order valence-corrected chi connectivity index (χ1v) is 6.40. The van der Waals surface area contributed by atoms with Crippen molar-refractivity contribution < 1.29 is 9.90 Å². The Labute approximate surface area is 113 Å². The highest BCUT2D eigenvalue weighted by molar-refractivity contribution is 5.65. The lowest BCUT2D eigenvalue weighted by atomic mass is 9.99. The Morgan fingerprint density at radius 3 is 2.42 bits per heavy atom. The van der Waals surface area contributed by atoms with Crippen molar-refractivity contribution >= 4 is 6.09 Å². The highest BCUT2D eigenvalue weighted by atomic mass is 16.4. The zero-order valence-corrected chi connectivity index (χ0v) is 11.0. The van der Waals surface area contributed by atoms with Crippen LogP contribution in [0, 0.1) is 11.8 Å². The van der Waals surface area contributed by atoms with E-state index in [4.69, 9.17) is 5.11 Å². The van der Waals surface area contributed by atoms with E-state index in [1.54, 1.807) is 0 Å². The molecule has 1 aliphatic rings. The highest BCUT2D eigenvalue weighted by Crippen LogP contribution is 2.19. The number of carbonyl (C=O) groups is 1. The van der Waals surface area contributed by atoms with Gasteiger partial charge in [-0.05, 0) is 37.5 Å². The van der Waals surface area contributed by atoms with Crippen molar-refractivity contribution in [3.8, 4) is 11.8 Å². The molecular formula is C16H17NO2. The van der Waals surface area contributed by atoms with Gasteiger partial charge in [-0.25, -0.2) is 4.79 Å². The normalized spacial score (nSPS) is 14.6. The summed E-state index contributed by atoms with van der Waals surface area (Å²) in [5.74, 6) is 6.31. The van der Waals surface area contributed by atoms with Crippen LogP contribution in [0.5, 0.6) is 0 Å². The predicted molar refractivity (Wildman–Crippen MR) is 74.9 cm³/mol. The van der Waals surface area contributed by atoms with E-state index < -0.39 is 6.09 Å². The minimum absolute atomic E-state index is 0.578. The van der Waals surface area contributed by atoms with Crippen LogP contribution in [0.25, 0.3) is 0 Å². The second kappa shape index (κ2) is 6.10. The van der Waals surface area contributed by atoms with Gasteiger partial charge in [0.15, 0.2) is 0 Å². The second-order valence-electron chi connectivity index (χ2n) is 4.61. The van der Waals surface area contributed by atoms with Gasteiger partial charge in [0, 0.05) is 18.7 Å². The molecule has 3 heteroatoms. The number of amides is 1. The molecule has 0 aliphatic carbocycles. The molecule has 3 nitrogen and oxygen atoms in total. The van der Waals surface area contributed by atoms with Gasteiger partial charge in [-0.3, -0.25) is 0 Å². The van der Waals surface area contributed by atoms with E-state index >= 15 is 0 Å². The predicted octanol–water partition coefficient (Wildman–Crippen LogP) is 3.13. The van der Waals surface area contributed by atoms with Gasteiger partial charge in [0.25, 0.3) is 0 Å². The first kappa shape index (κ1) is 13.2. The minimum atomic E-state index is -0.827. The van der Waals surface area contributed by atoms with Crippen LogP contribution >= 0.6 is 0 Å². The number of likely N-dealkylation sites (tertiary alicyclic amines) is 1. The van der Waals surface area contributed by atoms with Crippen molar-refractivity contribution in [2.24, 2.45) is 0 Å². The van der Waals surface area contributed by atoms with Crippen LogP contribution in [0.4, 0.5) is 4.79 Å². The molecule has 0 aromatic heterocycles. The fourth-order valence-corrected chi connectivity index (χ4v) is 2.12. The summed E-state index contributed by atoms with van der Waals surface area (Å²) in [5.41, 5.74) is 3.36. The van der Waals surface area contributed by atoms with Crippen LogP contribution in [0.1, 0.15) is 25.3 Å². The van der Waals surface area contributed by atoms with Crippen LogP contribution in [0.3, 0.4) is 0 Å². The van der Waals surface area contributed by atoms with Gasteiger partial charge in [-0.15, -0.1) is 0 Å². The Kier molecular flexibility index (Phi) is 4.25. The molecule has 1 heterocycles. The summed E-state index contributed by atoms with van der Waals surface area (Å²) in [6.07, 6.45) is 0.760. The highest BCUT2D eigenvalue weighted by Gasteiger charge is 2.18. The van der Waals surface area contributed by atoms with Crippen molar-refractivity contribution in [1.82, 2.24) is 4.90 Å². The van der Waals surface area contributed by atoms with Gasteiger partial charge in [0.05, 0.1) is 0 Å². The number of rotatable bonds is 0. The summed E-state index contributed by atoms with van der Waals surface area (Å²) >= 11 is 0. The molecule has 0 spiro atoms. The molecular weight excluding hydrogens is 238 g/mol. The van der Waals surface area contributed by atoms with E-state index in [1.807, 2.05) is 37.3 Å². The summed E-state index contributed by atoms with van der Waals surface area (Å²) in [6.45, 7) is 3.17. The van der Waals surface area contributed by atoms with Gasteiger partial charge in [0.1, 0.15) is 0 Å². The Hall–Kier alpha value is -2.21. The average Bonchev–Trinajstić information content (AvgIpc) is 2.46. The molecule has 0 atom stereocenters. The lowest BCUT2D eigenvalue weighted by Gasteiger charge is -2.26. The molecule has 1 fully saturated rings. The molecule has 1 aliphatic heterocycles. The van der Waals surface area contributed by atoms with Crippen LogP contribution in [0.2, 0.25) is 0 Å². The minimum Gasteiger partial charge on any atom is -0.465 e. The zero-order chi connectivity index (χ0) is 13.7. The van der Waals surface area contributed by atoms with Crippen molar-refractivity contribution in [2.45, 2.75) is 19.8 Å². The quantitative estimate of drug-likeness (QED) is 0.723. The maximum Gasteiger partial charge on any atom is 0.407 e. The largest absolute Gasteiger partial charge is 0.465 e. The molecule has 19 heavy (non-hydrogen) atoms. The maximum atomic E-state index is 10.8. The molecule has 1 aromatic carbocycles. The number of benzene rings is 1. The maximum absolute atomic E-state index is 10.8. The van der Waals surface area contributed by atoms with Gasteiger partial charge >= 0.3 is 6.09 Å². The third kappa shape index (κ3) is 3.62. The van der Waals surface area contributed by atoms with E-state index in [9.17, 15) is 4.79 Å². The monoisotopic (exact) mass is 255 g/mol. The van der Waals surface area contributed by atoms with E-state index in [-0.39, 0.29) is 0 Å². The fourth-order valence-electron chi connectivity index (χ4n) is 2.12. The van der Waals surface area contributed by atoms with Crippen molar-refractivity contribution in [3.05, 3.63) is 47.0 Å². The Balaban J connectivity index is 2.04. The average molecular weight is 255 g/mol. The molecule has 0 radical (unpaired) electrons. The summed E-state index contributed by atoms with van der Waals surface area (Å²) in [6, 6.07) is 9.88. The molecule has 0 unspecified atom stereocenters. The smallest absolute Gasteiger partial charge is 0.407 e. The van der Waals surface area contributed by atoms with Crippen LogP contribution in [-0.2, 0) is 0 Å². The number of hydrogen-bond donors (Lipinski definition) is 1. The Bertz CT molecular complexity index is 539. The van der Waals surface area contributed by atoms with Crippen LogP contribution in [0.15, 0.2) is 41.5 Å². The molecule has 0 saturated carbocycles. The summed E-state index contributed by atoms with van der Waals surface area (Å²) in [5, 5.41) is 8.90. The number of piperidine rings is 1. The van der Waals surface area contributed by atoms with E-state index in [0.29, 0.717) is 13.1 Å². The molecule has 1 saturated heterocycles. The van der Waals surface area contributed by atoms with Gasteiger partial charge in [-0.1, -0.05) is 35.6 Å². The van der Waals surface area contributed by atoms with E-state index in [1.165, 1.54) is 10.5 Å². The molecule has 1 N–H and O–H groups in total. The molecule has 0 bridgehead atoms. The lowest BCUT2D eigenvalue weighted by molar-refractivity contribution is 0.141. The summed E-state index contributed by atoms with van der Waals surface area (Å²) in [7, 11) is 0. The lowest BCUT2D eigenvalue weighted by Crippen LogP contribution is -2.35. The molecule has 1 aromatic rings. The molecule has 2 rings (SSSR count). The number of nitrogens with zero attached hydrogens (tertiary/aromatic N) is 1. The Morgan fingerprint density at radius 1 is 1.21 bits per heavy atom. The zero-order valence-electron chi connectivity index (χ0n) is 11.0. The van der Waals surface area contributed by atoms with E-state index in [2.05, 4.69) is 11.8 Å².